The standard InChI is InChI=1S/C18H13N5O5/c24-15-12-7-6-10(16(25)28-9-14-20-17(26)22-21-14)8-13(12)19-18(27)23(15)11-4-2-1-3-5-11/h1-8H,9H2,(H,19,27)(H2,20,21,22,26). The fourth-order valence-corrected chi connectivity index (χ4v) is 2.75. The molecule has 0 unspecified atom stereocenters. The van der Waals surface area contributed by atoms with Crippen molar-refractivity contribution in [1.82, 2.24) is 24.7 Å². The average molecular weight is 379 g/mol. The van der Waals surface area contributed by atoms with E-state index in [1.165, 1.54) is 18.2 Å². The number of aromatic nitrogens is 5. The molecule has 0 saturated carbocycles. The minimum absolute atomic E-state index is 0.137. The number of para-hydroxylation sites is 1. The Balaban J connectivity index is 1.68. The molecule has 2 heterocycles. The van der Waals surface area contributed by atoms with Gasteiger partial charge in [-0.2, -0.15) is 5.10 Å². The van der Waals surface area contributed by atoms with E-state index >= 15 is 0 Å². The van der Waals surface area contributed by atoms with Gasteiger partial charge in [-0.15, -0.1) is 0 Å². The highest BCUT2D eigenvalue weighted by atomic mass is 16.5. The highest BCUT2D eigenvalue weighted by molar-refractivity contribution is 5.94. The number of esters is 1. The molecule has 0 aliphatic carbocycles. The number of fused-ring (bicyclic) bond motifs is 1. The summed E-state index contributed by atoms with van der Waals surface area (Å²) in [4.78, 5) is 53.2. The molecule has 2 aromatic heterocycles. The third-order valence-corrected chi connectivity index (χ3v) is 4.04. The Morgan fingerprint density at radius 2 is 1.82 bits per heavy atom. The topological polar surface area (TPSA) is 143 Å². The van der Waals surface area contributed by atoms with Crippen LogP contribution in [0.25, 0.3) is 16.6 Å². The van der Waals surface area contributed by atoms with Crippen molar-refractivity contribution in [2.24, 2.45) is 0 Å². The van der Waals surface area contributed by atoms with E-state index in [0.29, 0.717) is 5.69 Å². The van der Waals surface area contributed by atoms with Crippen LogP contribution in [0.1, 0.15) is 16.2 Å². The van der Waals surface area contributed by atoms with Crippen molar-refractivity contribution in [3.05, 3.63) is 91.2 Å². The molecule has 10 heteroatoms. The largest absolute Gasteiger partial charge is 0.454 e. The van der Waals surface area contributed by atoms with Crippen molar-refractivity contribution < 1.29 is 9.53 Å². The van der Waals surface area contributed by atoms with Crippen molar-refractivity contribution >= 4 is 16.9 Å². The molecular weight excluding hydrogens is 366 g/mol. The predicted octanol–water partition coefficient (Wildman–Crippen LogP) is 0.447. The Bertz CT molecular complexity index is 1350. The SMILES string of the molecule is O=C(OCc1n[nH]c(=O)[nH]1)c1ccc2c(=O)n(-c3ccccc3)c(=O)[nH]c2c1. The summed E-state index contributed by atoms with van der Waals surface area (Å²) < 4.78 is 6.09. The van der Waals surface area contributed by atoms with Crippen molar-refractivity contribution in [2.75, 3.05) is 0 Å². The van der Waals surface area contributed by atoms with Crippen LogP contribution >= 0.6 is 0 Å². The third kappa shape index (κ3) is 3.14. The minimum Gasteiger partial charge on any atom is -0.454 e. The first-order chi connectivity index (χ1) is 13.5. The van der Waals surface area contributed by atoms with E-state index in [1.54, 1.807) is 30.3 Å². The number of carbonyl (C=O) groups is 1. The second kappa shape index (κ2) is 6.83. The van der Waals surface area contributed by atoms with Gasteiger partial charge in [0.25, 0.3) is 5.56 Å². The zero-order chi connectivity index (χ0) is 19.7. The van der Waals surface area contributed by atoms with Crippen LogP contribution in [0.2, 0.25) is 0 Å². The van der Waals surface area contributed by atoms with Crippen LogP contribution in [0.3, 0.4) is 0 Å². The van der Waals surface area contributed by atoms with Crippen molar-refractivity contribution in [3.8, 4) is 5.69 Å². The van der Waals surface area contributed by atoms with E-state index in [9.17, 15) is 19.2 Å². The molecule has 0 radical (unpaired) electrons. The summed E-state index contributed by atoms with van der Waals surface area (Å²) in [7, 11) is 0. The van der Waals surface area contributed by atoms with Crippen LogP contribution < -0.4 is 16.9 Å². The van der Waals surface area contributed by atoms with E-state index < -0.39 is 22.9 Å². The van der Waals surface area contributed by atoms with Crippen LogP contribution in [-0.4, -0.2) is 30.7 Å². The Labute approximate surface area is 155 Å². The number of nitrogens with one attached hydrogen (secondary N) is 3. The van der Waals surface area contributed by atoms with Crippen LogP contribution in [0.15, 0.2) is 62.9 Å². The van der Waals surface area contributed by atoms with Crippen molar-refractivity contribution in [3.63, 3.8) is 0 Å². The van der Waals surface area contributed by atoms with Crippen LogP contribution in [0.4, 0.5) is 0 Å². The third-order valence-electron chi connectivity index (χ3n) is 4.04. The lowest BCUT2D eigenvalue weighted by Crippen LogP contribution is -2.33. The van der Waals surface area contributed by atoms with Crippen LogP contribution in [-0.2, 0) is 11.3 Å². The van der Waals surface area contributed by atoms with Gasteiger partial charge < -0.3 is 9.72 Å². The van der Waals surface area contributed by atoms with Gasteiger partial charge in [-0.25, -0.2) is 24.0 Å². The molecule has 0 amide bonds. The molecular formula is C18H13N5O5. The molecule has 140 valence electrons. The lowest BCUT2D eigenvalue weighted by Gasteiger charge is -2.07. The van der Waals surface area contributed by atoms with Gasteiger partial charge in [0.05, 0.1) is 22.2 Å². The molecule has 0 bridgehead atoms. The van der Waals surface area contributed by atoms with Gasteiger partial charge in [-0.1, -0.05) is 18.2 Å². The molecule has 0 aliphatic heterocycles. The maximum absolute atomic E-state index is 12.7. The number of rotatable bonds is 4. The van der Waals surface area contributed by atoms with E-state index in [1.807, 2.05) is 0 Å². The zero-order valence-electron chi connectivity index (χ0n) is 14.3. The summed E-state index contributed by atoms with van der Waals surface area (Å²) in [6.45, 7) is -0.234. The number of carbonyl (C=O) groups excluding carboxylic acids is 1. The molecule has 28 heavy (non-hydrogen) atoms. The number of aromatic amines is 3. The summed E-state index contributed by atoms with van der Waals surface area (Å²) >= 11 is 0. The van der Waals surface area contributed by atoms with E-state index in [4.69, 9.17) is 4.74 Å². The first kappa shape index (κ1) is 17.2. The lowest BCUT2D eigenvalue weighted by molar-refractivity contribution is 0.0462. The lowest BCUT2D eigenvalue weighted by atomic mass is 10.1. The minimum atomic E-state index is -0.696. The highest BCUT2D eigenvalue weighted by Gasteiger charge is 2.14. The fraction of sp³-hybridized carbons (Fsp3) is 0.0556. The maximum atomic E-state index is 12.7. The van der Waals surface area contributed by atoms with Gasteiger partial charge in [-0.3, -0.25) is 9.78 Å². The van der Waals surface area contributed by atoms with Crippen LogP contribution in [0.5, 0.6) is 0 Å². The quantitative estimate of drug-likeness (QED) is 0.439. The van der Waals surface area contributed by atoms with Gasteiger partial charge >= 0.3 is 17.3 Å². The molecule has 2 aromatic carbocycles. The molecule has 0 aliphatic rings. The molecule has 0 fully saturated rings. The van der Waals surface area contributed by atoms with Gasteiger partial charge in [-0.05, 0) is 30.3 Å². The zero-order valence-corrected chi connectivity index (χ0v) is 14.3. The van der Waals surface area contributed by atoms with Gasteiger partial charge in [0.1, 0.15) is 0 Å². The number of benzene rings is 2. The smallest absolute Gasteiger partial charge is 0.340 e. The molecule has 4 aromatic rings. The van der Waals surface area contributed by atoms with Crippen LogP contribution in [0, 0.1) is 0 Å². The Hall–Kier alpha value is -4.21. The van der Waals surface area contributed by atoms with Crippen molar-refractivity contribution in [2.45, 2.75) is 6.61 Å². The molecule has 3 N–H and O–H groups in total. The molecule has 0 atom stereocenters. The molecule has 10 nitrogen and oxygen atoms in total. The number of nitrogens with zero attached hydrogens (tertiary/aromatic N) is 2. The normalized spacial score (nSPS) is 10.9. The molecule has 4 rings (SSSR count). The second-order valence-corrected chi connectivity index (χ2v) is 5.87. The number of ether oxygens (including phenoxy) is 1. The maximum Gasteiger partial charge on any atom is 0.340 e. The summed E-state index contributed by atoms with van der Waals surface area (Å²) in [5, 5.41) is 6.04. The number of hydrogen-bond acceptors (Lipinski definition) is 6. The Morgan fingerprint density at radius 3 is 2.54 bits per heavy atom. The highest BCUT2D eigenvalue weighted by Crippen LogP contribution is 2.12. The van der Waals surface area contributed by atoms with Gasteiger partial charge in [0, 0.05) is 0 Å². The first-order valence-electron chi connectivity index (χ1n) is 8.18. The van der Waals surface area contributed by atoms with Crippen molar-refractivity contribution in [1.29, 1.82) is 0 Å². The first-order valence-corrected chi connectivity index (χ1v) is 8.18. The predicted molar refractivity (Wildman–Crippen MR) is 98.5 cm³/mol. The van der Waals surface area contributed by atoms with E-state index in [2.05, 4.69) is 20.2 Å². The Morgan fingerprint density at radius 1 is 1.04 bits per heavy atom. The van der Waals surface area contributed by atoms with E-state index in [0.717, 1.165) is 4.57 Å². The summed E-state index contributed by atoms with van der Waals surface area (Å²) in [6, 6.07) is 12.7. The summed E-state index contributed by atoms with van der Waals surface area (Å²) in [6.07, 6.45) is 0. The van der Waals surface area contributed by atoms with Gasteiger partial charge in [0.2, 0.25) is 0 Å². The second-order valence-electron chi connectivity index (χ2n) is 5.87. The average Bonchev–Trinajstić information content (AvgIpc) is 3.11. The molecule has 0 spiro atoms. The fourth-order valence-electron chi connectivity index (χ4n) is 2.75. The van der Waals surface area contributed by atoms with Gasteiger partial charge in [0.15, 0.2) is 12.4 Å². The van der Waals surface area contributed by atoms with E-state index in [-0.39, 0.29) is 28.9 Å². The summed E-state index contributed by atoms with van der Waals surface area (Å²) in [5.41, 5.74) is -0.846. The summed E-state index contributed by atoms with van der Waals surface area (Å²) in [5.74, 6) is -0.530. The monoisotopic (exact) mass is 379 g/mol. The number of hydrogen-bond donors (Lipinski definition) is 3. The number of H-pyrrole nitrogens is 3. The molecule has 0 saturated heterocycles. The Kier molecular flexibility index (Phi) is 4.20.